The van der Waals surface area contributed by atoms with E-state index in [1.807, 2.05) is 4.72 Å². The number of carbonyl (C=O) groups excluding carboxylic acids is 2. The van der Waals surface area contributed by atoms with Crippen LogP contribution in [-0.2, 0) is 27.2 Å². The Bertz CT molecular complexity index is 840. The second-order valence-corrected chi connectivity index (χ2v) is 5.98. The molecule has 3 rings (SSSR count). The maximum atomic E-state index is 13.2. The lowest BCUT2D eigenvalue weighted by Gasteiger charge is -2.14. The molecule has 2 aromatic carbocycles. The molecule has 1 heterocycles. The molecule has 2 N–H and O–H groups in total. The molecule has 0 aliphatic carbocycles. The Kier molecular flexibility index (Phi) is 3.83. The lowest BCUT2D eigenvalue weighted by Crippen LogP contribution is -2.27. The Balaban J connectivity index is 1.88. The zero-order chi connectivity index (χ0) is 16.6. The molecule has 6 nitrogen and oxygen atoms in total. The fourth-order valence-electron chi connectivity index (χ4n) is 2.27. The van der Waals surface area contributed by atoms with E-state index >= 15 is 0 Å². The van der Waals surface area contributed by atoms with Crippen LogP contribution in [0.15, 0.2) is 42.5 Å². The number of rotatable bonds is 3. The number of halogens is 1. The van der Waals surface area contributed by atoms with Gasteiger partial charge in [0.05, 0.1) is 0 Å². The molecular formula is C15H11FN2O4S. The normalized spacial score (nSPS) is 17.4. The first kappa shape index (κ1) is 15.2. The molecule has 1 fully saturated rings. The fraction of sp³-hybridized carbons (Fsp3) is 0.0667. The van der Waals surface area contributed by atoms with Crippen LogP contribution in [0.5, 0.6) is 5.75 Å². The van der Waals surface area contributed by atoms with Crippen molar-refractivity contribution in [3.63, 3.8) is 0 Å². The summed E-state index contributed by atoms with van der Waals surface area (Å²) in [5.41, 5.74) is 1.36. The molecule has 0 bridgehead atoms. The van der Waals surface area contributed by atoms with Gasteiger partial charge in [0.15, 0.2) is 0 Å². The van der Waals surface area contributed by atoms with Gasteiger partial charge < -0.3 is 5.11 Å². The predicted molar refractivity (Wildman–Crippen MR) is 81.1 cm³/mol. The van der Waals surface area contributed by atoms with Crippen LogP contribution in [0.25, 0.3) is 0 Å². The SMILES string of the molecule is O=C1NS(=O)N(c2ccc(Cc3cccc(F)c3)cc2O)C1=O. The van der Waals surface area contributed by atoms with Gasteiger partial charge in [-0.25, -0.2) is 13.3 Å². The van der Waals surface area contributed by atoms with Gasteiger partial charge in [-0.3, -0.25) is 9.59 Å². The minimum absolute atomic E-state index is 0.0327. The first-order valence-corrected chi connectivity index (χ1v) is 7.69. The number of amides is 2. The summed E-state index contributed by atoms with van der Waals surface area (Å²) in [6.07, 6.45) is 0.375. The van der Waals surface area contributed by atoms with Gasteiger partial charge in [0.2, 0.25) is 11.2 Å². The van der Waals surface area contributed by atoms with Gasteiger partial charge in [0.1, 0.15) is 17.3 Å². The van der Waals surface area contributed by atoms with Crippen molar-refractivity contribution in [3.8, 4) is 5.75 Å². The number of phenols is 1. The van der Waals surface area contributed by atoms with Crippen molar-refractivity contribution in [2.45, 2.75) is 6.42 Å². The van der Waals surface area contributed by atoms with Crippen molar-refractivity contribution in [3.05, 3.63) is 59.4 Å². The van der Waals surface area contributed by atoms with Gasteiger partial charge in [-0.15, -0.1) is 0 Å². The molecule has 0 aromatic heterocycles. The molecule has 0 spiro atoms. The second-order valence-electron chi connectivity index (χ2n) is 4.91. The number of hydrogen-bond acceptors (Lipinski definition) is 4. The van der Waals surface area contributed by atoms with Crippen molar-refractivity contribution < 1.29 is 23.3 Å². The first-order chi connectivity index (χ1) is 11.0. The molecule has 1 atom stereocenters. The molecule has 1 unspecified atom stereocenters. The topological polar surface area (TPSA) is 86.7 Å². The van der Waals surface area contributed by atoms with E-state index in [9.17, 15) is 23.3 Å². The standard InChI is InChI=1S/C15H11FN2O4S/c16-11-3-1-2-9(7-11)6-10-4-5-12(13(19)8-10)18-15(21)14(20)17-23(18)22/h1-5,7-8,19H,6H2,(H,17,20). The van der Waals surface area contributed by atoms with Crippen molar-refractivity contribution in [2.24, 2.45) is 0 Å². The van der Waals surface area contributed by atoms with Crippen molar-refractivity contribution in [1.29, 1.82) is 0 Å². The number of benzene rings is 2. The maximum absolute atomic E-state index is 13.2. The van der Waals surface area contributed by atoms with Crippen LogP contribution in [0.1, 0.15) is 11.1 Å². The zero-order valence-electron chi connectivity index (χ0n) is 11.7. The van der Waals surface area contributed by atoms with Crippen LogP contribution in [0.4, 0.5) is 10.1 Å². The molecule has 2 amide bonds. The van der Waals surface area contributed by atoms with Crippen LogP contribution in [-0.4, -0.2) is 21.1 Å². The Morgan fingerprint density at radius 1 is 1.13 bits per heavy atom. The third kappa shape index (κ3) is 2.93. The monoisotopic (exact) mass is 334 g/mol. The largest absolute Gasteiger partial charge is 0.506 e. The molecule has 118 valence electrons. The van der Waals surface area contributed by atoms with Crippen LogP contribution >= 0.6 is 0 Å². The van der Waals surface area contributed by atoms with Crippen molar-refractivity contribution >= 4 is 28.7 Å². The Hall–Kier alpha value is -2.74. The van der Waals surface area contributed by atoms with Crippen molar-refractivity contribution in [1.82, 2.24) is 4.72 Å². The van der Waals surface area contributed by atoms with Crippen LogP contribution in [0, 0.1) is 5.82 Å². The molecule has 1 saturated heterocycles. The highest BCUT2D eigenvalue weighted by atomic mass is 32.2. The summed E-state index contributed by atoms with van der Waals surface area (Å²) in [5.74, 6) is -2.65. The highest BCUT2D eigenvalue weighted by molar-refractivity contribution is 7.87. The molecule has 1 aliphatic heterocycles. The third-order valence-corrected chi connectivity index (χ3v) is 4.33. The van der Waals surface area contributed by atoms with E-state index in [-0.39, 0.29) is 17.3 Å². The third-order valence-electron chi connectivity index (χ3n) is 3.28. The highest BCUT2D eigenvalue weighted by Gasteiger charge is 2.38. The summed E-state index contributed by atoms with van der Waals surface area (Å²) in [6.45, 7) is 0. The van der Waals surface area contributed by atoms with E-state index in [1.165, 1.54) is 24.3 Å². The van der Waals surface area contributed by atoms with Gasteiger partial charge in [0.25, 0.3) is 0 Å². The molecular weight excluding hydrogens is 323 g/mol. The van der Waals surface area contributed by atoms with Crippen LogP contribution in [0.3, 0.4) is 0 Å². The molecule has 1 aliphatic rings. The van der Waals surface area contributed by atoms with Gasteiger partial charge in [-0.05, 0) is 41.8 Å². The number of carbonyl (C=O) groups is 2. The number of nitrogens with one attached hydrogen (secondary N) is 1. The Labute approximate surface area is 133 Å². The minimum Gasteiger partial charge on any atom is -0.506 e. The summed E-state index contributed by atoms with van der Waals surface area (Å²) < 4.78 is 27.5. The van der Waals surface area contributed by atoms with Gasteiger partial charge in [0, 0.05) is 0 Å². The number of hydrogen-bond donors (Lipinski definition) is 2. The predicted octanol–water partition coefficient (Wildman–Crippen LogP) is 1.16. The number of nitrogens with zero attached hydrogens (tertiary/aromatic N) is 1. The van der Waals surface area contributed by atoms with Gasteiger partial charge >= 0.3 is 11.8 Å². The van der Waals surface area contributed by atoms with Gasteiger partial charge in [-0.2, -0.15) is 4.31 Å². The van der Waals surface area contributed by atoms with Crippen LogP contribution < -0.4 is 9.03 Å². The molecule has 23 heavy (non-hydrogen) atoms. The zero-order valence-corrected chi connectivity index (χ0v) is 12.5. The highest BCUT2D eigenvalue weighted by Crippen LogP contribution is 2.31. The lowest BCUT2D eigenvalue weighted by atomic mass is 10.0. The average molecular weight is 334 g/mol. The summed E-state index contributed by atoms with van der Waals surface area (Å²) in [6, 6.07) is 10.4. The lowest BCUT2D eigenvalue weighted by molar-refractivity contribution is -0.134. The second kappa shape index (κ2) is 5.81. The Morgan fingerprint density at radius 2 is 1.87 bits per heavy atom. The van der Waals surface area contributed by atoms with E-state index in [2.05, 4.69) is 0 Å². The smallest absolute Gasteiger partial charge is 0.330 e. The molecule has 0 radical (unpaired) electrons. The van der Waals surface area contributed by atoms with Gasteiger partial charge in [-0.1, -0.05) is 18.2 Å². The van der Waals surface area contributed by atoms with Crippen LogP contribution in [0.2, 0.25) is 0 Å². The van der Waals surface area contributed by atoms with Crippen molar-refractivity contribution in [2.75, 3.05) is 4.31 Å². The van der Waals surface area contributed by atoms with E-state index in [4.69, 9.17) is 0 Å². The van der Waals surface area contributed by atoms with E-state index in [0.717, 1.165) is 5.56 Å². The number of phenolic OH excluding ortho intramolecular Hbond substituents is 1. The molecule has 0 saturated carbocycles. The van der Waals surface area contributed by atoms with E-state index in [1.54, 1.807) is 18.2 Å². The first-order valence-electron chi connectivity index (χ1n) is 6.59. The van der Waals surface area contributed by atoms with E-state index < -0.39 is 23.0 Å². The summed E-state index contributed by atoms with van der Waals surface area (Å²) in [4.78, 5) is 22.9. The summed E-state index contributed by atoms with van der Waals surface area (Å²) in [7, 11) is 0. The molecule has 8 heteroatoms. The summed E-state index contributed by atoms with van der Waals surface area (Å²) >= 11 is -2.06. The number of aromatic hydroxyl groups is 1. The average Bonchev–Trinajstić information content (AvgIpc) is 2.73. The number of anilines is 1. The quantitative estimate of drug-likeness (QED) is 0.825. The minimum atomic E-state index is -2.06. The summed E-state index contributed by atoms with van der Waals surface area (Å²) in [5, 5.41) is 10.1. The Morgan fingerprint density at radius 3 is 2.48 bits per heavy atom. The van der Waals surface area contributed by atoms with E-state index in [0.29, 0.717) is 16.3 Å². The maximum Gasteiger partial charge on any atom is 0.330 e. The molecule has 2 aromatic rings. The fourth-order valence-corrected chi connectivity index (χ4v) is 3.17.